The maximum atomic E-state index is 13.5. The predicted octanol–water partition coefficient (Wildman–Crippen LogP) is 2.54. The Morgan fingerprint density at radius 1 is 1.35 bits per heavy atom. The zero-order valence-electron chi connectivity index (χ0n) is 9.10. The number of fused-ring (bicyclic) bond motifs is 1. The van der Waals surface area contributed by atoms with Crippen molar-refractivity contribution in [3.8, 4) is 11.8 Å². The standard InChI is InChI=1S/C9H2F4N2O3S2/c10-4-1-5-7(19-8(3-14)15-5)2-6(4)18-20(16,17)9(11,12)13/h1-2H. The molecule has 0 atom stereocenters. The van der Waals surface area contributed by atoms with E-state index < -0.39 is 27.2 Å². The van der Waals surface area contributed by atoms with Crippen LogP contribution < -0.4 is 4.18 Å². The van der Waals surface area contributed by atoms with Crippen molar-refractivity contribution in [3.05, 3.63) is 23.0 Å². The summed E-state index contributed by atoms with van der Waals surface area (Å²) in [6.45, 7) is 0. The van der Waals surface area contributed by atoms with Gasteiger partial charge in [0.05, 0.1) is 10.2 Å². The van der Waals surface area contributed by atoms with E-state index in [2.05, 4.69) is 9.17 Å². The van der Waals surface area contributed by atoms with Crippen molar-refractivity contribution in [1.29, 1.82) is 5.26 Å². The molecule has 0 radical (unpaired) electrons. The van der Waals surface area contributed by atoms with Crippen LogP contribution >= 0.6 is 11.3 Å². The lowest BCUT2D eigenvalue weighted by molar-refractivity contribution is -0.0500. The van der Waals surface area contributed by atoms with Crippen LogP contribution in [0, 0.1) is 17.1 Å². The van der Waals surface area contributed by atoms with Gasteiger partial charge >= 0.3 is 15.6 Å². The van der Waals surface area contributed by atoms with Gasteiger partial charge in [-0.25, -0.2) is 9.37 Å². The highest BCUT2D eigenvalue weighted by Crippen LogP contribution is 2.32. The van der Waals surface area contributed by atoms with E-state index in [1.807, 2.05) is 0 Å². The second-order valence-corrected chi connectivity index (χ2v) is 5.93. The molecular formula is C9H2F4N2O3S2. The molecule has 5 nitrogen and oxygen atoms in total. The zero-order valence-corrected chi connectivity index (χ0v) is 10.7. The highest BCUT2D eigenvalue weighted by atomic mass is 32.2. The van der Waals surface area contributed by atoms with Crippen molar-refractivity contribution in [1.82, 2.24) is 4.98 Å². The van der Waals surface area contributed by atoms with E-state index in [1.54, 1.807) is 6.07 Å². The predicted molar refractivity (Wildman–Crippen MR) is 59.9 cm³/mol. The molecular weight excluding hydrogens is 324 g/mol. The van der Waals surface area contributed by atoms with E-state index in [0.717, 1.165) is 17.4 Å². The van der Waals surface area contributed by atoms with Gasteiger partial charge in [0.15, 0.2) is 16.6 Å². The molecule has 1 aromatic heterocycles. The molecule has 1 heterocycles. The highest BCUT2D eigenvalue weighted by Gasteiger charge is 2.49. The van der Waals surface area contributed by atoms with Gasteiger partial charge < -0.3 is 4.18 Å². The number of hydrogen-bond acceptors (Lipinski definition) is 6. The Kier molecular flexibility index (Phi) is 3.31. The third kappa shape index (κ3) is 2.52. The number of thiazole rings is 1. The number of benzene rings is 1. The summed E-state index contributed by atoms with van der Waals surface area (Å²) in [4.78, 5) is 3.67. The maximum absolute atomic E-state index is 13.5. The average molecular weight is 326 g/mol. The molecule has 0 spiro atoms. The minimum Gasteiger partial charge on any atom is -0.373 e. The normalized spacial score (nSPS) is 12.3. The van der Waals surface area contributed by atoms with E-state index in [-0.39, 0.29) is 15.2 Å². The van der Waals surface area contributed by atoms with Crippen LogP contribution in [0.1, 0.15) is 5.01 Å². The Bertz CT molecular complexity index is 820. The van der Waals surface area contributed by atoms with Crippen LogP contribution in [0.5, 0.6) is 5.75 Å². The number of aromatic nitrogens is 1. The zero-order chi connectivity index (χ0) is 15.1. The molecule has 0 aliphatic rings. The van der Waals surface area contributed by atoms with Crippen LogP contribution in [0.3, 0.4) is 0 Å². The molecule has 0 saturated carbocycles. The van der Waals surface area contributed by atoms with Gasteiger partial charge in [0.2, 0.25) is 0 Å². The summed E-state index contributed by atoms with van der Waals surface area (Å²) < 4.78 is 75.3. The van der Waals surface area contributed by atoms with Crippen LogP contribution in [0.2, 0.25) is 0 Å². The summed E-state index contributed by atoms with van der Waals surface area (Å²) in [5, 5.41) is 8.55. The number of nitrogens with zero attached hydrogens (tertiary/aromatic N) is 2. The minimum atomic E-state index is -5.96. The number of nitriles is 1. The molecule has 0 aliphatic carbocycles. The SMILES string of the molecule is N#Cc1nc2cc(F)c(OS(=O)(=O)C(F)(F)F)cc2s1. The molecule has 11 heteroatoms. The lowest BCUT2D eigenvalue weighted by Crippen LogP contribution is -2.28. The first kappa shape index (κ1) is 14.5. The number of alkyl halides is 3. The van der Waals surface area contributed by atoms with Crippen LogP contribution in [0.15, 0.2) is 12.1 Å². The first-order valence-electron chi connectivity index (χ1n) is 4.65. The van der Waals surface area contributed by atoms with Gasteiger partial charge in [-0.2, -0.15) is 26.9 Å². The summed E-state index contributed by atoms with van der Waals surface area (Å²) in [6, 6.07) is 3.10. The Hall–Kier alpha value is -1.93. The van der Waals surface area contributed by atoms with E-state index in [1.165, 1.54) is 0 Å². The van der Waals surface area contributed by atoms with Gasteiger partial charge in [-0.15, -0.1) is 11.3 Å². The fraction of sp³-hybridized carbons (Fsp3) is 0.111. The van der Waals surface area contributed by atoms with Gasteiger partial charge in [-0.1, -0.05) is 0 Å². The van der Waals surface area contributed by atoms with E-state index in [4.69, 9.17) is 5.26 Å². The van der Waals surface area contributed by atoms with Gasteiger partial charge in [0, 0.05) is 12.1 Å². The molecule has 2 rings (SSSR count). The van der Waals surface area contributed by atoms with Gasteiger partial charge in [0.25, 0.3) is 0 Å². The number of rotatable bonds is 2. The van der Waals surface area contributed by atoms with Crippen molar-refractivity contribution >= 4 is 31.7 Å². The van der Waals surface area contributed by atoms with Crippen molar-refractivity contribution in [2.45, 2.75) is 5.51 Å². The van der Waals surface area contributed by atoms with Crippen molar-refractivity contribution in [3.63, 3.8) is 0 Å². The van der Waals surface area contributed by atoms with Gasteiger partial charge in [-0.05, 0) is 0 Å². The Balaban J connectivity index is 2.51. The monoisotopic (exact) mass is 326 g/mol. The summed E-state index contributed by atoms with van der Waals surface area (Å²) in [5.41, 5.74) is -5.65. The Labute approximate surface area is 113 Å². The summed E-state index contributed by atoms with van der Waals surface area (Å²) in [5.74, 6) is -2.44. The molecule has 2 aromatic rings. The second-order valence-electron chi connectivity index (χ2n) is 3.36. The average Bonchev–Trinajstić information content (AvgIpc) is 2.69. The number of halogens is 4. The van der Waals surface area contributed by atoms with Crippen molar-refractivity contribution < 1.29 is 30.2 Å². The first-order chi connectivity index (χ1) is 9.14. The van der Waals surface area contributed by atoms with Crippen LogP contribution in [-0.2, 0) is 10.1 Å². The molecule has 0 fully saturated rings. The smallest absolute Gasteiger partial charge is 0.373 e. The quantitative estimate of drug-likeness (QED) is 0.481. The van der Waals surface area contributed by atoms with Crippen LogP contribution in [0.25, 0.3) is 10.2 Å². The van der Waals surface area contributed by atoms with E-state index in [0.29, 0.717) is 6.07 Å². The molecule has 0 bridgehead atoms. The number of hydrogen-bond donors (Lipinski definition) is 0. The third-order valence-electron chi connectivity index (χ3n) is 2.02. The molecule has 0 aliphatic heterocycles. The lowest BCUT2D eigenvalue weighted by atomic mass is 10.3. The summed E-state index contributed by atoms with van der Waals surface area (Å²) >= 11 is 0.759. The fourth-order valence-electron chi connectivity index (χ4n) is 1.21. The summed E-state index contributed by atoms with van der Waals surface area (Å²) in [6.07, 6.45) is 0. The molecule has 0 N–H and O–H groups in total. The maximum Gasteiger partial charge on any atom is 0.534 e. The van der Waals surface area contributed by atoms with E-state index in [9.17, 15) is 26.0 Å². The minimum absolute atomic E-state index is 0.0146. The van der Waals surface area contributed by atoms with Gasteiger partial charge in [-0.3, -0.25) is 0 Å². The molecule has 0 saturated heterocycles. The van der Waals surface area contributed by atoms with Gasteiger partial charge in [0.1, 0.15) is 6.07 Å². The van der Waals surface area contributed by atoms with Crippen molar-refractivity contribution in [2.75, 3.05) is 0 Å². The molecule has 106 valence electrons. The summed E-state index contributed by atoms with van der Waals surface area (Å²) in [7, 11) is -5.96. The first-order valence-corrected chi connectivity index (χ1v) is 6.87. The third-order valence-corrected chi connectivity index (χ3v) is 3.91. The largest absolute Gasteiger partial charge is 0.534 e. The molecule has 20 heavy (non-hydrogen) atoms. The second kappa shape index (κ2) is 4.57. The Morgan fingerprint density at radius 2 is 2.00 bits per heavy atom. The lowest BCUT2D eigenvalue weighted by Gasteiger charge is -2.09. The topological polar surface area (TPSA) is 80.0 Å². The molecule has 0 amide bonds. The highest BCUT2D eigenvalue weighted by molar-refractivity contribution is 7.88. The Morgan fingerprint density at radius 3 is 2.55 bits per heavy atom. The van der Waals surface area contributed by atoms with Crippen LogP contribution in [0.4, 0.5) is 17.6 Å². The van der Waals surface area contributed by atoms with Crippen molar-refractivity contribution in [2.24, 2.45) is 0 Å². The molecule has 1 aromatic carbocycles. The van der Waals surface area contributed by atoms with E-state index >= 15 is 0 Å². The fourth-order valence-corrected chi connectivity index (χ4v) is 2.44. The molecule has 0 unspecified atom stereocenters. The van der Waals surface area contributed by atoms with Crippen LogP contribution in [-0.4, -0.2) is 18.9 Å².